The Morgan fingerprint density at radius 1 is 1.40 bits per heavy atom. The molecular weight excluding hydrogens is 194 g/mol. The molecule has 0 saturated heterocycles. The van der Waals surface area contributed by atoms with Gasteiger partial charge in [-0.1, -0.05) is 19.4 Å². The lowest BCUT2D eigenvalue weighted by molar-refractivity contribution is -0.207. The van der Waals surface area contributed by atoms with Gasteiger partial charge < -0.3 is 9.84 Å². The van der Waals surface area contributed by atoms with Gasteiger partial charge in [-0.25, -0.2) is 4.79 Å². The number of allylic oxidation sites excluding steroid dienone is 1. The van der Waals surface area contributed by atoms with Gasteiger partial charge in [-0.3, -0.25) is 0 Å². The molecule has 0 amide bonds. The van der Waals surface area contributed by atoms with Crippen molar-refractivity contribution in [2.45, 2.75) is 46.3 Å². The van der Waals surface area contributed by atoms with E-state index in [0.717, 1.165) is 0 Å². The molecule has 0 saturated carbocycles. The first-order chi connectivity index (χ1) is 6.90. The highest BCUT2D eigenvalue weighted by Gasteiger charge is 2.28. The van der Waals surface area contributed by atoms with Crippen LogP contribution in [0.2, 0.25) is 0 Å². The van der Waals surface area contributed by atoms with Crippen LogP contribution in [0.5, 0.6) is 0 Å². The number of nitriles is 1. The summed E-state index contributed by atoms with van der Waals surface area (Å²) in [5.74, 6) is -2.22. The summed E-state index contributed by atoms with van der Waals surface area (Å²) in [7, 11) is 0. The lowest BCUT2D eigenvalue weighted by Crippen LogP contribution is -2.33. The van der Waals surface area contributed by atoms with Crippen molar-refractivity contribution >= 4 is 5.97 Å². The number of rotatable bonds is 4. The summed E-state index contributed by atoms with van der Waals surface area (Å²) in [5.41, 5.74) is 0.535. The molecule has 0 atom stereocenters. The zero-order chi connectivity index (χ0) is 12.1. The van der Waals surface area contributed by atoms with E-state index in [0.29, 0.717) is 18.4 Å². The SMILES string of the molecule is CCC(O)(CC)OC(=O)C(C#N)=C(C)C. The minimum absolute atomic E-state index is 0.0460. The van der Waals surface area contributed by atoms with E-state index in [4.69, 9.17) is 10.00 Å². The van der Waals surface area contributed by atoms with E-state index in [9.17, 15) is 9.90 Å². The molecule has 0 aliphatic carbocycles. The second kappa shape index (κ2) is 5.52. The molecule has 0 heterocycles. The van der Waals surface area contributed by atoms with E-state index in [1.54, 1.807) is 33.8 Å². The van der Waals surface area contributed by atoms with Gasteiger partial charge in [0.25, 0.3) is 0 Å². The largest absolute Gasteiger partial charge is 0.429 e. The number of nitrogens with zero attached hydrogens (tertiary/aromatic N) is 1. The molecule has 15 heavy (non-hydrogen) atoms. The van der Waals surface area contributed by atoms with Gasteiger partial charge in [0.1, 0.15) is 11.6 Å². The van der Waals surface area contributed by atoms with Crippen LogP contribution >= 0.6 is 0 Å². The van der Waals surface area contributed by atoms with E-state index >= 15 is 0 Å². The van der Waals surface area contributed by atoms with Crippen LogP contribution in [-0.4, -0.2) is 16.9 Å². The van der Waals surface area contributed by atoms with Crippen LogP contribution < -0.4 is 0 Å². The Kier molecular flexibility index (Phi) is 5.03. The quantitative estimate of drug-likeness (QED) is 0.333. The van der Waals surface area contributed by atoms with Crippen molar-refractivity contribution in [1.82, 2.24) is 0 Å². The molecule has 0 bridgehead atoms. The van der Waals surface area contributed by atoms with Crippen LogP contribution in [0.1, 0.15) is 40.5 Å². The van der Waals surface area contributed by atoms with Crippen molar-refractivity contribution in [2.24, 2.45) is 0 Å². The lowest BCUT2D eigenvalue weighted by atomic mass is 10.1. The van der Waals surface area contributed by atoms with Gasteiger partial charge in [0.2, 0.25) is 5.79 Å². The highest BCUT2D eigenvalue weighted by Crippen LogP contribution is 2.19. The van der Waals surface area contributed by atoms with E-state index in [1.807, 2.05) is 0 Å². The molecule has 0 spiro atoms. The maximum atomic E-state index is 11.5. The highest BCUT2D eigenvalue weighted by molar-refractivity contribution is 5.93. The van der Waals surface area contributed by atoms with Gasteiger partial charge in [-0.2, -0.15) is 5.26 Å². The standard InChI is InChI=1S/C11H17NO3/c1-5-11(14,6-2)15-10(13)9(7-12)8(3)4/h14H,5-6H2,1-4H3. The molecule has 0 aliphatic heterocycles. The van der Waals surface area contributed by atoms with Crippen molar-refractivity contribution in [3.05, 3.63) is 11.1 Å². The Labute approximate surface area is 90.2 Å². The van der Waals surface area contributed by atoms with Gasteiger partial charge >= 0.3 is 5.97 Å². The Bertz CT molecular complexity index is 304. The fourth-order valence-corrected chi connectivity index (χ4v) is 0.979. The first kappa shape index (κ1) is 13.7. The predicted octanol–water partition coefficient (Wildman–Crippen LogP) is 1.90. The summed E-state index contributed by atoms with van der Waals surface area (Å²) < 4.78 is 4.89. The van der Waals surface area contributed by atoms with Crippen molar-refractivity contribution in [3.8, 4) is 6.07 Å². The van der Waals surface area contributed by atoms with Crippen LogP contribution in [0.4, 0.5) is 0 Å². The summed E-state index contributed by atoms with van der Waals surface area (Å²) in [6.07, 6.45) is 0.605. The van der Waals surface area contributed by atoms with E-state index in [-0.39, 0.29) is 5.57 Å². The first-order valence-electron chi connectivity index (χ1n) is 4.93. The molecule has 4 heteroatoms. The third-order valence-corrected chi connectivity index (χ3v) is 2.20. The number of ether oxygens (including phenoxy) is 1. The number of hydrogen-bond acceptors (Lipinski definition) is 4. The molecule has 84 valence electrons. The Morgan fingerprint density at radius 2 is 1.87 bits per heavy atom. The van der Waals surface area contributed by atoms with Crippen LogP contribution in [0.3, 0.4) is 0 Å². The summed E-state index contributed by atoms with van der Waals surface area (Å²) in [6, 6.07) is 1.77. The van der Waals surface area contributed by atoms with Gasteiger partial charge in [-0.15, -0.1) is 0 Å². The minimum Gasteiger partial charge on any atom is -0.429 e. The summed E-state index contributed by atoms with van der Waals surface area (Å²) in [6.45, 7) is 6.73. The fraction of sp³-hybridized carbons (Fsp3) is 0.636. The van der Waals surface area contributed by atoms with Crippen LogP contribution in [0.15, 0.2) is 11.1 Å². The third kappa shape index (κ3) is 3.72. The number of carbonyl (C=O) groups excluding carboxylic acids is 1. The fourth-order valence-electron chi connectivity index (χ4n) is 0.979. The normalized spacial score (nSPS) is 10.4. The van der Waals surface area contributed by atoms with E-state index < -0.39 is 11.8 Å². The maximum Gasteiger partial charge on any atom is 0.351 e. The summed E-state index contributed by atoms with van der Waals surface area (Å²) in [4.78, 5) is 11.5. The Hall–Kier alpha value is -1.34. The molecule has 0 aromatic rings. The molecule has 0 radical (unpaired) electrons. The number of esters is 1. The molecule has 0 aromatic heterocycles. The first-order valence-corrected chi connectivity index (χ1v) is 4.93. The van der Waals surface area contributed by atoms with Gasteiger partial charge in [0, 0.05) is 12.8 Å². The average molecular weight is 211 g/mol. The van der Waals surface area contributed by atoms with Crippen molar-refractivity contribution in [2.75, 3.05) is 0 Å². The average Bonchev–Trinajstić information content (AvgIpc) is 2.18. The second-order valence-corrected chi connectivity index (χ2v) is 3.53. The Morgan fingerprint density at radius 3 is 2.13 bits per heavy atom. The molecule has 0 aliphatic rings. The van der Waals surface area contributed by atoms with Crippen molar-refractivity contribution < 1.29 is 14.6 Å². The molecule has 0 aromatic carbocycles. The van der Waals surface area contributed by atoms with Crippen LogP contribution in [-0.2, 0) is 9.53 Å². The number of carbonyl (C=O) groups is 1. The molecule has 0 fully saturated rings. The van der Waals surface area contributed by atoms with Gasteiger partial charge in [0.15, 0.2) is 0 Å². The van der Waals surface area contributed by atoms with Crippen molar-refractivity contribution in [1.29, 1.82) is 5.26 Å². The summed E-state index contributed by atoms with van der Waals surface area (Å²) in [5, 5.41) is 18.5. The lowest BCUT2D eigenvalue weighted by Gasteiger charge is -2.24. The molecule has 4 nitrogen and oxygen atoms in total. The van der Waals surface area contributed by atoms with Gasteiger partial charge in [-0.05, 0) is 13.8 Å². The second-order valence-electron chi connectivity index (χ2n) is 3.53. The van der Waals surface area contributed by atoms with E-state index in [2.05, 4.69) is 0 Å². The number of aliphatic hydroxyl groups is 1. The third-order valence-electron chi connectivity index (χ3n) is 2.20. The maximum absolute atomic E-state index is 11.5. The minimum atomic E-state index is -1.46. The molecular formula is C11H17NO3. The molecule has 0 rings (SSSR count). The Balaban J connectivity index is 4.79. The zero-order valence-electron chi connectivity index (χ0n) is 9.63. The molecule has 0 unspecified atom stereocenters. The van der Waals surface area contributed by atoms with Crippen LogP contribution in [0.25, 0.3) is 0 Å². The van der Waals surface area contributed by atoms with Crippen LogP contribution in [0, 0.1) is 11.3 Å². The predicted molar refractivity (Wildman–Crippen MR) is 55.6 cm³/mol. The smallest absolute Gasteiger partial charge is 0.351 e. The molecule has 1 N–H and O–H groups in total. The number of hydrogen-bond donors (Lipinski definition) is 1. The van der Waals surface area contributed by atoms with E-state index in [1.165, 1.54) is 0 Å². The highest BCUT2D eigenvalue weighted by atomic mass is 16.7. The zero-order valence-corrected chi connectivity index (χ0v) is 9.63. The summed E-state index contributed by atoms with van der Waals surface area (Å²) >= 11 is 0. The topological polar surface area (TPSA) is 70.3 Å². The van der Waals surface area contributed by atoms with Gasteiger partial charge in [0.05, 0.1) is 0 Å². The van der Waals surface area contributed by atoms with Crippen molar-refractivity contribution in [3.63, 3.8) is 0 Å². The monoisotopic (exact) mass is 211 g/mol.